The molecule has 0 aliphatic carbocycles. The number of aryl methyl sites for hydroxylation is 1. The summed E-state index contributed by atoms with van der Waals surface area (Å²) >= 11 is 5.92. The summed E-state index contributed by atoms with van der Waals surface area (Å²) in [5.41, 5.74) is 1.59. The number of imidazole rings is 1. The Kier molecular flexibility index (Phi) is 3.82. The molecule has 0 aliphatic rings. The van der Waals surface area contributed by atoms with Gasteiger partial charge in [-0.1, -0.05) is 30.7 Å². The molecule has 0 amide bonds. The number of aliphatic hydroxyl groups is 1. The Morgan fingerprint density at radius 2 is 2.29 bits per heavy atom. The SMILES string of the molecule is CCCn1cncc1C(O)c1cccc(Cl)c1. The van der Waals surface area contributed by atoms with Crippen molar-refractivity contribution in [1.29, 1.82) is 0 Å². The molecule has 0 fully saturated rings. The maximum Gasteiger partial charge on any atom is 0.121 e. The standard InChI is InChI=1S/C13H15ClN2O/c1-2-6-16-9-15-8-12(16)13(17)10-4-3-5-11(14)7-10/h3-5,7-9,13,17H,2,6H2,1H3. The predicted octanol–water partition coefficient (Wildman–Crippen LogP) is 3.03. The summed E-state index contributed by atoms with van der Waals surface area (Å²) in [6.07, 6.45) is 3.77. The molecule has 1 heterocycles. The molecular weight excluding hydrogens is 236 g/mol. The maximum absolute atomic E-state index is 10.3. The number of hydrogen-bond donors (Lipinski definition) is 1. The van der Waals surface area contributed by atoms with Crippen molar-refractivity contribution < 1.29 is 5.11 Å². The van der Waals surface area contributed by atoms with Crippen LogP contribution in [-0.2, 0) is 6.54 Å². The Labute approximate surface area is 106 Å². The van der Waals surface area contributed by atoms with Gasteiger partial charge >= 0.3 is 0 Å². The van der Waals surface area contributed by atoms with Crippen molar-refractivity contribution in [2.45, 2.75) is 26.0 Å². The molecule has 0 aliphatic heterocycles. The molecule has 3 nitrogen and oxygen atoms in total. The van der Waals surface area contributed by atoms with Crippen LogP contribution >= 0.6 is 11.6 Å². The number of benzene rings is 1. The first-order valence-electron chi connectivity index (χ1n) is 5.66. The van der Waals surface area contributed by atoms with Gasteiger partial charge in [-0.05, 0) is 24.1 Å². The normalized spacial score (nSPS) is 12.6. The summed E-state index contributed by atoms with van der Waals surface area (Å²) < 4.78 is 1.96. The highest BCUT2D eigenvalue weighted by Gasteiger charge is 2.14. The topological polar surface area (TPSA) is 38.0 Å². The van der Waals surface area contributed by atoms with Gasteiger partial charge in [0.05, 0.1) is 18.2 Å². The molecule has 2 aromatic rings. The summed E-state index contributed by atoms with van der Waals surface area (Å²) in [6.45, 7) is 2.95. The zero-order chi connectivity index (χ0) is 12.3. The summed E-state index contributed by atoms with van der Waals surface area (Å²) in [5.74, 6) is 0. The van der Waals surface area contributed by atoms with Gasteiger partial charge in [0, 0.05) is 11.6 Å². The molecule has 17 heavy (non-hydrogen) atoms. The van der Waals surface area contributed by atoms with E-state index in [1.165, 1.54) is 0 Å². The lowest BCUT2D eigenvalue weighted by Gasteiger charge is -2.13. The zero-order valence-electron chi connectivity index (χ0n) is 9.68. The summed E-state index contributed by atoms with van der Waals surface area (Å²) in [6, 6.07) is 7.26. The minimum absolute atomic E-state index is 0.628. The molecule has 0 radical (unpaired) electrons. The van der Waals surface area contributed by atoms with Crippen molar-refractivity contribution in [1.82, 2.24) is 9.55 Å². The van der Waals surface area contributed by atoms with E-state index in [0.717, 1.165) is 24.2 Å². The fourth-order valence-electron chi connectivity index (χ4n) is 1.83. The van der Waals surface area contributed by atoms with Gasteiger partial charge in [-0.2, -0.15) is 0 Å². The lowest BCUT2D eigenvalue weighted by atomic mass is 10.1. The highest BCUT2D eigenvalue weighted by atomic mass is 35.5. The van der Waals surface area contributed by atoms with E-state index < -0.39 is 6.10 Å². The van der Waals surface area contributed by atoms with E-state index in [0.29, 0.717) is 5.02 Å². The molecular formula is C13H15ClN2O. The molecule has 2 rings (SSSR count). The van der Waals surface area contributed by atoms with E-state index in [2.05, 4.69) is 11.9 Å². The number of rotatable bonds is 4. The minimum Gasteiger partial charge on any atom is -0.382 e. The summed E-state index contributed by atoms with van der Waals surface area (Å²) in [4.78, 5) is 4.08. The average Bonchev–Trinajstić information content (AvgIpc) is 2.77. The minimum atomic E-state index is -0.678. The molecule has 1 aromatic heterocycles. The molecule has 4 heteroatoms. The molecule has 1 N–H and O–H groups in total. The Morgan fingerprint density at radius 3 is 3.00 bits per heavy atom. The van der Waals surface area contributed by atoms with Crippen molar-refractivity contribution >= 4 is 11.6 Å². The third-order valence-corrected chi connectivity index (χ3v) is 2.89. The zero-order valence-corrected chi connectivity index (χ0v) is 10.4. The smallest absolute Gasteiger partial charge is 0.121 e. The second-order valence-corrected chi connectivity index (χ2v) is 4.41. The van der Waals surface area contributed by atoms with Crippen molar-refractivity contribution in [3.05, 3.63) is 53.1 Å². The van der Waals surface area contributed by atoms with Gasteiger partial charge < -0.3 is 9.67 Å². The van der Waals surface area contributed by atoms with Crippen LogP contribution in [-0.4, -0.2) is 14.7 Å². The van der Waals surface area contributed by atoms with Crippen molar-refractivity contribution in [2.75, 3.05) is 0 Å². The second kappa shape index (κ2) is 5.34. The Balaban J connectivity index is 2.30. The summed E-state index contributed by atoms with van der Waals surface area (Å²) in [7, 11) is 0. The molecule has 90 valence electrons. The van der Waals surface area contributed by atoms with E-state index >= 15 is 0 Å². The van der Waals surface area contributed by atoms with Gasteiger partial charge in [0.25, 0.3) is 0 Å². The van der Waals surface area contributed by atoms with Gasteiger partial charge in [-0.3, -0.25) is 0 Å². The van der Waals surface area contributed by atoms with Crippen LogP contribution < -0.4 is 0 Å². The lowest BCUT2D eigenvalue weighted by Crippen LogP contribution is -2.08. The fourth-order valence-corrected chi connectivity index (χ4v) is 2.03. The van der Waals surface area contributed by atoms with Gasteiger partial charge in [0.2, 0.25) is 0 Å². The van der Waals surface area contributed by atoms with Crippen LogP contribution in [0.25, 0.3) is 0 Å². The van der Waals surface area contributed by atoms with E-state index in [-0.39, 0.29) is 0 Å². The van der Waals surface area contributed by atoms with Gasteiger partial charge in [0.15, 0.2) is 0 Å². The lowest BCUT2D eigenvalue weighted by molar-refractivity contribution is 0.209. The molecule has 0 saturated heterocycles. The van der Waals surface area contributed by atoms with Crippen LogP contribution in [0.5, 0.6) is 0 Å². The van der Waals surface area contributed by atoms with Crippen LogP contribution in [0.4, 0.5) is 0 Å². The van der Waals surface area contributed by atoms with Crippen LogP contribution in [0, 0.1) is 0 Å². The van der Waals surface area contributed by atoms with E-state index in [9.17, 15) is 5.11 Å². The Bertz CT molecular complexity index is 496. The third-order valence-electron chi connectivity index (χ3n) is 2.65. The first-order chi connectivity index (χ1) is 8.22. The molecule has 0 saturated carbocycles. The van der Waals surface area contributed by atoms with E-state index in [1.807, 2.05) is 16.7 Å². The highest BCUT2D eigenvalue weighted by Crippen LogP contribution is 2.24. The molecule has 1 unspecified atom stereocenters. The first-order valence-corrected chi connectivity index (χ1v) is 6.03. The van der Waals surface area contributed by atoms with Gasteiger partial charge in [0.1, 0.15) is 6.10 Å². The number of halogens is 1. The highest BCUT2D eigenvalue weighted by molar-refractivity contribution is 6.30. The first kappa shape index (κ1) is 12.1. The van der Waals surface area contributed by atoms with E-state index in [4.69, 9.17) is 11.6 Å². The Hall–Kier alpha value is -1.32. The van der Waals surface area contributed by atoms with Gasteiger partial charge in [-0.25, -0.2) is 4.98 Å². The van der Waals surface area contributed by atoms with E-state index in [1.54, 1.807) is 24.7 Å². The maximum atomic E-state index is 10.3. The second-order valence-electron chi connectivity index (χ2n) is 3.97. The van der Waals surface area contributed by atoms with Crippen LogP contribution in [0.2, 0.25) is 5.02 Å². The number of aliphatic hydroxyl groups excluding tert-OH is 1. The monoisotopic (exact) mass is 250 g/mol. The predicted molar refractivity (Wildman–Crippen MR) is 68.0 cm³/mol. The van der Waals surface area contributed by atoms with Crippen LogP contribution in [0.15, 0.2) is 36.8 Å². The quantitative estimate of drug-likeness (QED) is 0.906. The largest absolute Gasteiger partial charge is 0.382 e. The van der Waals surface area contributed by atoms with Crippen LogP contribution in [0.3, 0.4) is 0 Å². The molecule has 1 aromatic carbocycles. The molecule has 1 atom stereocenters. The van der Waals surface area contributed by atoms with Gasteiger partial charge in [-0.15, -0.1) is 0 Å². The Morgan fingerprint density at radius 1 is 1.47 bits per heavy atom. The number of nitrogens with zero attached hydrogens (tertiary/aromatic N) is 2. The third kappa shape index (κ3) is 2.68. The van der Waals surface area contributed by atoms with Crippen molar-refractivity contribution in [3.63, 3.8) is 0 Å². The van der Waals surface area contributed by atoms with Crippen molar-refractivity contribution in [2.24, 2.45) is 0 Å². The molecule has 0 spiro atoms. The number of aromatic nitrogens is 2. The van der Waals surface area contributed by atoms with Crippen LogP contribution in [0.1, 0.15) is 30.7 Å². The fraction of sp³-hybridized carbons (Fsp3) is 0.308. The summed E-state index contributed by atoms with van der Waals surface area (Å²) in [5, 5.41) is 10.9. The average molecular weight is 251 g/mol. The number of hydrogen-bond acceptors (Lipinski definition) is 2. The van der Waals surface area contributed by atoms with Crippen molar-refractivity contribution in [3.8, 4) is 0 Å². The molecule has 0 bridgehead atoms.